The van der Waals surface area contributed by atoms with Crippen molar-refractivity contribution in [3.05, 3.63) is 36.5 Å². The molecule has 1 saturated heterocycles. The third-order valence-electron chi connectivity index (χ3n) is 5.55. The summed E-state index contributed by atoms with van der Waals surface area (Å²) in [6.45, 7) is 9.05. The highest BCUT2D eigenvalue weighted by molar-refractivity contribution is 5.72. The van der Waals surface area contributed by atoms with Crippen LogP contribution in [0, 0.1) is 5.92 Å². The maximum atomic E-state index is 12.1. The Morgan fingerprint density at radius 2 is 1.85 bits per heavy atom. The summed E-state index contributed by atoms with van der Waals surface area (Å²) in [6.07, 6.45) is 11.0. The third kappa shape index (κ3) is 10.8. The molecule has 0 amide bonds. The number of carbonyl (C=O) groups is 1. The third-order valence-corrected chi connectivity index (χ3v) is 5.55. The number of aromatic nitrogens is 2. The van der Waals surface area contributed by atoms with Gasteiger partial charge in [0.2, 0.25) is 0 Å². The van der Waals surface area contributed by atoms with Gasteiger partial charge in [-0.15, -0.1) is 0 Å². The van der Waals surface area contributed by atoms with Gasteiger partial charge < -0.3 is 14.2 Å². The molecule has 1 aromatic carbocycles. The molecule has 0 saturated carbocycles. The summed E-state index contributed by atoms with van der Waals surface area (Å²) < 4.78 is 16.2. The minimum absolute atomic E-state index is 0.0737. The molecule has 182 valence electrons. The molecular formula is C27H40N2O4. The molecule has 6 nitrogen and oxygen atoms in total. The molecule has 3 rings (SSSR count). The van der Waals surface area contributed by atoms with Gasteiger partial charge in [-0.25, -0.2) is 0 Å². The molecule has 33 heavy (non-hydrogen) atoms. The Morgan fingerprint density at radius 3 is 2.45 bits per heavy atom. The number of nitrogens with zero attached hydrogens (tertiary/aromatic N) is 2. The molecule has 1 atom stereocenters. The van der Waals surface area contributed by atoms with E-state index in [1.54, 1.807) is 6.20 Å². The fourth-order valence-corrected chi connectivity index (χ4v) is 3.33. The molecule has 0 N–H and O–H groups in total. The Labute approximate surface area is 199 Å². The molecule has 0 bridgehead atoms. The quantitative estimate of drug-likeness (QED) is 0.279. The Hall–Kier alpha value is -2.47. The lowest BCUT2D eigenvalue weighted by Crippen LogP contribution is -2.11. The van der Waals surface area contributed by atoms with Gasteiger partial charge in [0.15, 0.2) is 5.75 Å². The number of benzene rings is 1. The van der Waals surface area contributed by atoms with Crippen molar-refractivity contribution in [3.63, 3.8) is 0 Å². The van der Waals surface area contributed by atoms with E-state index in [2.05, 4.69) is 23.8 Å². The second-order valence-electron chi connectivity index (χ2n) is 8.49. The summed E-state index contributed by atoms with van der Waals surface area (Å²) >= 11 is 0. The van der Waals surface area contributed by atoms with Gasteiger partial charge in [-0.2, -0.15) is 9.97 Å². The van der Waals surface area contributed by atoms with Crippen LogP contribution < -0.4 is 9.47 Å². The van der Waals surface area contributed by atoms with Crippen LogP contribution in [0.4, 0.5) is 0 Å². The fraction of sp³-hybridized carbons (Fsp3) is 0.593. The number of carbonyl (C=O) groups excluding carboxylic acids is 1. The maximum absolute atomic E-state index is 12.1. The number of esters is 1. The summed E-state index contributed by atoms with van der Waals surface area (Å²) in [5.74, 6) is 1.00. The van der Waals surface area contributed by atoms with E-state index >= 15 is 0 Å². The van der Waals surface area contributed by atoms with Gasteiger partial charge in [0.05, 0.1) is 12.8 Å². The monoisotopic (exact) mass is 456 g/mol. The normalized spacial score (nSPS) is 14.0. The molecule has 6 heteroatoms. The van der Waals surface area contributed by atoms with Crippen LogP contribution in [-0.2, 0) is 9.53 Å². The number of rotatable bonds is 11. The lowest BCUT2D eigenvalue weighted by molar-refractivity contribution is -0.135. The van der Waals surface area contributed by atoms with Crippen LogP contribution in [0.2, 0.25) is 0 Å². The van der Waals surface area contributed by atoms with Gasteiger partial charge in [-0.1, -0.05) is 70.4 Å². The van der Waals surface area contributed by atoms with Crippen molar-refractivity contribution in [1.82, 2.24) is 9.97 Å². The minimum Gasteiger partial charge on any atom is -0.490 e. The van der Waals surface area contributed by atoms with Gasteiger partial charge in [0.25, 0.3) is 0 Å². The SMILES string of the molecule is C1CCOCC1.CCCOc1cnc(OC(=O)CCCCC(C)CC)nc1-c1ccccc1. The zero-order valence-electron chi connectivity index (χ0n) is 20.6. The van der Waals surface area contributed by atoms with Gasteiger partial charge in [0.1, 0.15) is 5.69 Å². The van der Waals surface area contributed by atoms with Crippen LogP contribution in [0.25, 0.3) is 11.3 Å². The van der Waals surface area contributed by atoms with E-state index in [9.17, 15) is 4.79 Å². The van der Waals surface area contributed by atoms with E-state index in [4.69, 9.17) is 14.2 Å². The molecule has 0 aliphatic carbocycles. The van der Waals surface area contributed by atoms with Crippen molar-refractivity contribution < 1.29 is 19.0 Å². The molecule has 1 unspecified atom stereocenters. The standard InChI is InChI=1S/C22H30N2O3.C5H10O/c1-4-15-26-19-16-23-22(24-21(19)18-12-7-6-8-13-18)27-20(25)14-10-9-11-17(3)5-2;1-2-4-6-5-3-1/h6-8,12-13,16-17H,4-5,9-11,14-15H2,1-3H3;1-5H2. The number of unbranched alkanes of at least 4 members (excludes halogenated alkanes) is 1. The first-order valence-electron chi connectivity index (χ1n) is 12.5. The highest BCUT2D eigenvalue weighted by atomic mass is 16.5. The first-order chi connectivity index (χ1) is 16.1. The Kier molecular flexibility index (Phi) is 13.1. The molecule has 2 aromatic rings. The predicted molar refractivity (Wildman–Crippen MR) is 131 cm³/mol. The molecular weight excluding hydrogens is 416 g/mol. The second-order valence-corrected chi connectivity index (χ2v) is 8.49. The average Bonchev–Trinajstić information content (AvgIpc) is 2.87. The summed E-state index contributed by atoms with van der Waals surface area (Å²) in [5, 5.41) is 0. The van der Waals surface area contributed by atoms with E-state index in [1.165, 1.54) is 25.7 Å². The van der Waals surface area contributed by atoms with Crippen LogP contribution in [0.1, 0.15) is 78.6 Å². The van der Waals surface area contributed by atoms with E-state index < -0.39 is 0 Å². The maximum Gasteiger partial charge on any atom is 0.325 e. The van der Waals surface area contributed by atoms with Crippen LogP contribution >= 0.6 is 0 Å². The van der Waals surface area contributed by atoms with Crippen LogP contribution in [0.3, 0.4) is 0 Å². The smallest absolute Gasteiger partial charge is 0.325 e. The van der Waals surface area contributed by atoms with Gasteiger partial charge in [0, 0.05) is 25.2 Å². The number of hydrogen-bond acceptors (Lipinski definition) is 6. The minimum atomic E-state index is -0.291. The highest BCUT2D eigenvalue weighted by Crippen LogP contribution is 2.29. The molecule has 0 radical (unpaired) electrons. The molecule has 1 fully saturated rings. The molecule has 1 aliphatic heterocycles. The van der Waals surface area contributed by atoms with Crippen LogP contribution in [-0.4, -0.2) is 35.8 Å². The van der Waals surface area contributed by atoms with E-state index in [1.807, 2.05) is 37.3 Å². The fourth-order valence-electron chi connectivity index (χ4n) is 3.33. The topological polar surface area (TPSA) is 70.5 Å². The summed E-state index contributed by atoms with van der Waals surface area (Å²) in [4.78, 5) is 20.7. The van der Waals surface area contributed by atoms with Gasteiger partial charge in [-0.05, 0) is 38.0 Å². The lowest BCUT2D eigenvalue weighted by Gasteiger charge is -2.11. The Bertz CT molecular complexity index is 782. The highest BCUT2D eigenvalue weighted by Gasteiger charge is 2.14. The summed E-state index contributed by atoms with van der Waals surface area (Å²) in [6, 6.07) is 9.78. The van der Waals surface area contributed by atoms with Gasteiger partial charge >= 0.3 is 12.0 Å². The predicted octanol–water partition coefficient (Wildman–Crippen LogP) is 6.63. The Balaban J connectivity index is 0.000000554. The zero-order chi connectivity index (χ0) is 23.7. The molecule has 1 aromatic heterocycles. The zero-order valence-corrected chi connectivity index (χ0v) is 20.6. The first kappa shape index (κ1) is 26.8. The molecule has 1 aliphatic rings. The van der Waals surface area contributed by atoms with Crippen molar-refractivity contribution in [3.8, 4) is 23.0 Å². The number of ether oxygens (including phenoxy) is 3. The van der Waals surface area contributed by atoms with Crippen LogP contribution in [0.5, 0.6) is 11.8 Å². The second kappa shape index (κ2) is 16.2. The van der Waals surface area contributed by atoms with E-state index in [0.29, 0.717) is 30.4 Å². The largest absolute Gasteiger partial charge is 0.490 e. The summed E-state index contributed by atoms with van der Waals surface area (Å²) in [7, 11) is 0. The Morgan fingerprint density at radius 1 is 1.09 bits per heavy atom. The first-order valence-corrected chi connectivity index (χ1v) is 12.5. The van der Waals surface area contributed by atoms with Crippen LogP contribution in [0.15, 0.2) is 36.5 Å². The molecule has 0 spiro atoms. The van der Waals surface area contributed by atoms with Crippen molar-refractivity contribution in [2.24, 2.45) is 5.92 Å². The van der Waals surface area contributed by atoms with Gasteiger partial charge in [-0.3, -0.25) is 4.79 Å². The van der Waals surface area contributed by atoms with Crippen molar-refractivity contribution >= 4 is 5.97 Å². The number of hydrogen-bond donors (Lipinski definition) is 0. The average molecular weight is 457 g/mol. The summed E-state index contributed by atoms with van der Waals surface area (Å²) in [5.41, 5.74) is 1.54. The van der Waals surface area contributed by atoms with Crippen molar-refractivity contribution in [1.29, 1.82) is 0 Å². The van der Waals surface area contributed by atoms with Crippen molar-refractivity contribution in [2.75, 3.05) is 19.8 Å². The van der Waals surface area contributed by atoms with E-state index in [-0.39, 0.29) is 12.0 Å². The molecule has 2 heterocycles. The lowest BCUT2D eigenvalue weighted by atomic mass is 10.0. The van der Waals surface area contributed by atoms with E-state index in [0.717, 1.165) is 44.5 Å². The van der Waals surface area contributed by atoms with Crippen molar-refractivity contribution in [2.45, 2.75) is 78.6 Å².